The molecule has 0 saturated carbocycles. The van der Waals surface area contributed by atoms with Crippen LogP contribution in [0.4, 0.5) is 10.5 Å². The fraction of sp³-hybridized carbons (Fsp3) is 0.318. The molecule has 10 heteroatoms. The molecule has 1 aliphatic rings. The van der Waals surface area contributed by atoms with Crippen LogP contribution in [0.1, 0.15) is 17.8 Å². The van der Waals surface area contributed by atoms with Crippen LogP contribution in [-0.2, 0) is 4.74 Å². The van der Waals surface area contributed by atoms with E-state index in [1.807, 2.05) is 38.2 Å². The minimum atomic E-state index is -0.434. The average molecular weight is 433 g/mol. The fourth-order valence-corrected chi connectivity index (χ4v) is 4.09. The van der Waals surface area contributed by atoms with Crippen molar-refractivity contribution < 1.29 is 9.53 Å². The van der Waals surface area contributed by atoms with Gasteiger partial charge >= 0.3 is 6.09 Å². The molecule has 1 saturated heterocycles. The summed E-state index contributed by atoms with van der Waals surface area (Å²) in [6.07, 6.45) is 3.75. The van der Waals surface area contributed by atoms with Gasteiger partial charge in [0.2, 0.25) is 0 Å². The smallest absolute Gasteiger partial charge is 0.407 e. The van der Waals surface area contributed by atoms with Crippen molar-refractivity contribution >= 4 is 22.9 Å². The maximum atomic E-state index is 12.9. The van der Waals surface area contributed by atoms with Crippen LogP contribution >= 0.6 is 0 Å². The highest BCUT2D eigenvalue weighted by atomic mass is 16.6. The first-order valence-corrected chi connectivity index (χ1v) is 10.4. The lowest BCUT2D eigenvalue weighted by atomic mass is 10.2. The highest BCUT2D eigenvalue weighted by Crippen LogP contribution is 2.23. The number of rotatable bonds is 3. The summed E-state index contributed by atoms with van der Waals surface area (Å²) in [4.78, 5) is 35.6. The Morgan fingerprint density at radius 1 is 1.16 bits per heavy atom. The van der Waals surface area contributed by atoms with Crippen LogP contribution in [0, 0.1) is 13.8 Å². The zero-order chi connectivity index (χ0) is 22.4. The van der Waals surface area contributed by atoms with E-state index in [1.54, 1.807) is 10.7 Å². The van der Waals surface area contributed by atoms with E-state index in [-0.39, 0.29) is 11.7 Å². The Hall–Kier alpha value is -3.95. The van der Waals surface area contributed by atoms with Crippen molar-refractivity contribution in [1.82, 2.24) is 29.3 Å². The van der Waals surface area contributed by atoms with Gasteiger partial charge in [0.1, 0.15) is 17.4 Å². The minimum Gasteiger partial charge on any atom is -0.444 e. The second kappa shape index (κ2) is 7.63. The van der Waals surface area contributed by atoms with Crippen LogP contribution in [0.25, 0.3) is 22.6 Å². The van der Waals surface area contributed by atoms with Crippen molar-refractivity contribution in [1.29, 1.82) is 0 Å². The zero-order valence-electron chi connectivity index (χ0n) is 18.1. The number of ether oxygens (including phenoxy) is 1. The van der Waals surface area contributed by atoms with Gasteiger partial charge in [-0.25, -0.2) is 14.3 Å². The summed E-state index contributed by atoms with van der Waals surface area (Å²) in [6.45, 7) is 5.16. The van der Waals surface area contributed by atoms with Crippen molar-refractivity contribution in [3.05, 3.63) is 58.4 Å². The van der Waals surface area contributed by atoms with Crippen molar-refractivity contribution in [2.24, 2.45) is 0 Å². The molecule has 0 radical (unpaired) electrons. The molecule has 0 aliphatic carbocycles. The molecule has 4 aromatic heterocycles. The third kappa shape index (κ3) is 3.53. The highest BCUT2D eigenvalue weighted by Gasteiger charge is 2.26. The van der Waals surface area contributed by atoms with Gasteiger partial charge in [0.05, 0.1) is 41.0 Å². The molecule has 0 aromatic carbocycles. The van der Waals surface area contributed by atoms with Crippen molar-refractivity contribution in [3.8, 4) is 11.4 Å². The first-order chi connectivity index (χ1) is 15.4. The molecule has 1 N–H and O–H groups in total. The zero-order valence-corrected chi connectivity index (χ0v) is 18.1. The molecule has 0 unspecified atom stereocenters. The Morgan fingerprint density at radius 3 is 2.81 bits per heavy atom. The van der Waals surface area contributed by atoms with Gasteiger partial charge in [0, 0.05) is 32.3 Å². The van der Waals surface area contributed by atoms with E-state index in [2.05, 4.69) is 25.3 Å². The van der Waals surface area contributed by atoms with Gasteiger partial charge < -0.3 is 15.0 Å². The number of aryl methyl sites for hydroxylation is 2. The summed E-state index contributed by atoms with van der Waals surface area (Å²) in [5, 5.41) is 7.05. The molecule has 1 amide bonds. The molecule has 1 atom stereocenters. The lowest BCUT2D eigenvalue weighted by Crippen LogP contribution is -2.29. The quantitative estimate of drug-likeness (QED) is 0.526. The Labute approximate surface area is 183 Å². The molecule has 0 spiro atoms. The third-order valence-electron chi connectivity index (χ3n) is 5.65. The molecular weight excluding hydrogens is 410 g/mol. The SMILES string of the molecule is CNC(=O)O[C@H]1CCN(c2ccc3nc(-c4cc5c(C)nc(C)cn5n4)cc(=O)n3c2)C1. The standard InChI is InChI=1S/C22H23N7O3/c1-13-10-29-19(14(2)24-13)8-18(26-29)17-9-21(30)28-11-15(4-5-20(28)25-17)27-7-6-16(12-27)32-22(31)23-3/h4-5,8-11,16H,6-7,12H2,1-3H3,(H,23,31)/t16-/m0/s1. The van der Waals surface area contributed by atoms with E-state index >= 15 is 0 Å². The summed E-state index contributed by atoms with van der Waals surface area (Å²) in [7, 11) is 1.54. The number of carbonyl (C=O) groups is 1. The summed E-state index contributed by atoms with van der Waals surface area (Å²) in [5.74, 6) is 0. The molecule has 1 aliphatic heterocycles. The summed E-state index contributed by atoms with van der Waals surface area (Å²) in [6, 6.07) is 7.13. The number of fused-ring (bicyclic) bond motifs is 2. The average Bonchev–Trinajstić information content (AvgIpc) is 3.40. The number of hydrogen-bond acceptors (Lipinski definition) is 7. The van der Waals surface area contributed by atoms with Crippen molar-refractivity contribution in [3.63, 3.8) is 0 Å². The van der Waals surface area contributed by atoms with Gasteiger partial charge in [0.25, 0.3) is 5.56 Å². The molecule has 4 aromatic rings. The Morgan fingerprint density at radius 2 is 2.00 bits per heavy atom. The van der Waals surface area contributed by atoms with Gasteiger partial charge in [0.15, 0.2) is 0 Å². The molecular formula is C22H23N7O3. The molecule has 10 nitrogen and oxygen atoms in total. The van der Waals surface area contributed by atoms with Crippen LogP contribution in [0.15, 0.2) is 41.5 Å². The van der Waals surface area contributed by atoms with Crippen LogP contribution < -0.4 is 15.8 Å². The van der Waals surface area contributed by atoms with E-state index in [9.17, 15) is 9.59 Å². The van der Waals surface area contributed by atoms with Crippen molar-refractivity contribution in [2.75, 3.05) is 25.0 Å². The monoisotopic (exact) mass is 433 g/mol. The van der Waals surface area contributed by atoms with Crippen LogP contribution in [0.5, 0.6) is 0 Å². The summed E-state index contributed by atoms with van der Waals surface area (Å²) >= 11 is 0. The summed E-state index contributed by atoms with van der Waals surface area (Å²) in [5.41, 5.74) is 4.99. The topological polar surface area (TPSA) is 106 Å². The number of nitrogens with one attached hydrogen (secondary N) is 1. The molecule has 164 valence electrons. The first-order valence-electron chi connectivity index (χ1n) is 10.4. The fourth-order valence-electron chi connectivity index (χ4n) is 4.09. The third-order valence-corrected chi connectivity index (χ3v) is 5.65. The van der Waals surface area contributed by atoms with E-state index < -0.39 is 6.09 Å². The predicted octanol–water partition coefficient (Wildman–Crippen LogP) is 1.96. The Balaban J connectivity index is 1.46. The Bertz CT molecular complexity index is 1410. The van der Waals surface area contributed by atoms with Crippen LogP contribution in [-0.4, -0.2) is 56.3 Å². The largest absolute Gasteiger partial charge is 0.444 e. The van der Waals surface area contributed by atoms with Crippen molar-refractivity contribution in [2.45, 2.75) is 26.4 Å². The second-order valence-electron chi connectivity index (χ2n) is 7.93. The highest BCUT2D eigenvalue weighted by molar-refractivity contribution is 5.67. The number of amides is 1. The molecule has 32 heavy (non-hydrogen) atoms. The first kappa shape index (κ1) is 20.0. The van der Waals surface area contributed by atoms with E-state index in [0.29, 0.717) is 23.6 Å². The molecule has 0 bridgehead atoms. The molecule has 5 heterocycles. The maximum absolute atomic E-state index is 12.9. The van der Waals surface area contributed by atoms with Gasteiger partial charge in [-0.1, -0.05) is 0 Å². The normalized spacial score (nSPS) is 16.1. The van der Waals surface area contributed by atoms with Gasteiger partial charge in [-0.2, -0.15) is 5.10 Å². The number of aromatic nitrogens is 5. The maximum Gasteiger partial charge on any atom is 0.407 e. The lowest BCUT2D eigenvalue weighted by molar-refractivity contribution is 0.110. The molecule has 5 rings (SSSR count). The van der Waals surface area contributed by atoms with E-state index in [4.69, 9.17) is 4.74 Å². The second-order valence-corrected chi connectivity index (χ2v) is 7.93. The van der Waals surface area contributed by atoms with Crippen LogP contribution in [0.2, 0.25) is 0 Å². The number of hydrogen-bond donors (Lipinski definition) is 1. The number of pyridine rings is 1. The predicted molar refractivity (Wildman–Crippen MR) is 119 cm³/mol. The number of nitrogens with zero attached hydrogens (tertiary/aromatic N) is 6. The Kier molecular flexibility index (Phi) is 4.76. The number of alkyl carbamates (subject to hydrolysis) is 1. The van der Waals surface area contributed by atoms with Gasteiger partial charge in [-0.05, 0) is 32.0 Å². The summed E-state index contributed by atoms with van der Waals surface area (Å²) < 4.78 is 8.64. The van der Waals surface area contributed by atoms with Gasteiger partial charge in [-0.15, -0.1) is 0 Å². The molecule has 1 fully saturated rings. The van der Waals surface area contributed by atoms with Crippen LogP contribution in [0.3, 0.4) is 0 Å². The number of anilines is 1. The van der Waals surface area contributed by atoms with E-state index in [1.165, 1.54) is 17.5 Å². The number of carbonyl (C=O) groups excluding carboxylic acids is 1. The van der Waals surface area contributed by atoms with E-state index in [0.717, 1.165) is 35.6 Å². The van der Waals surface area contributed by atoms with Gasteiger partial charge in [-0.3, -0.25) is 14.2 Å². The lowest BCUT2D eigenvalue weighted by Gasteiger charge is -2.19. The minimum absolute atomic E-state index is 0.181.